The van der Waals surface area contributed by atoms with E-state index in [1.165, 1.54) is 30.6 Å². The van der Waals surface area contributed by atoms with Gasteiger partial charge in [-0.1, -0.05) is 23.2 Å². The van der Waals surface area contributed by atoms with Crippen LogP contribution in [0.3, 0.4) is 0 Å². The molecule has 0 spiro atoms. The first-order valence-corrected chi connectivity index (χ1v) is 8.49. The monoisotopic (exact) mass is 359 g/mol. The predicted molar refractivity (Wildman–Crippen MR) is 82.3 cm³/mol. The third-order valence-corrected chi connectivity index (χ3v) is 6.01. The third-order valence-electron chi connectivity index (χ3n) is 2.93. The van der Waals surface area contributed by atoms with Crippen LogP contribution in [0.1, 0.15) is 12.5 Å². The molecule has 0 aliphatic heterocycles. The molecule has 1 rings (SSSR count). The molecule has 1 atom stereocenters. The van der Waals surface area contributed by atoms with Gasteiger partial charge in [0, 0.05) is 31.1 Å². The van der Waals surface area contributed by atoms with Crippen LogP contribution in [-0.4, -0.2) is 39.5 Å². The van der Waals surface area contributed by atoms with Crippen molar-refractivity contribution >= 4 is 44.8 Å². The number of halogens is 3. The Morgan fingerprint density at radius 2 is 1.90 bits per heavy atom. The minimum absolute atomic E-state index is 0.00957. The van der Waals surface area contributed by atoms with Gasteiger partial charge in [-0.05, 0) is 24.6 Å². The molecule has 0 N–H and O–H groups in total. The topological polar surface area (TPSA) is 46.6 Å². The molecule has 1 unspecified atom stereocenters. The van der Waals surface area contributed by atoms with Gasteiger partial charge in [-0.15, -0.1) is 11.6 Å². The Hall–Kier alpha value is -0.0400. The highest BCUT2D eigenvalue weighted by molar-refractivity contribution is 7.89. The molecule has 0 aliphatic rings. The minimum atomic E-state index is -3.74. The van der Waals surface area contributed by atoms with Crippen LogP contribution in [0.2, 0.25) is 10.0 Å². The highest BCUT2D eigenvalue weighted by Gasteiger charge is 2.28. The maximum absolute atomic E-state index is 12.5. The number of ether oxygens (including phenoxy) is 1. The van der Waals surface area contributed by atoms with Gasteiger partial charge in [0.15, 0.2) is 0 Å². The number of hydrogen-bond donors (Lipinski definition) is 0. The maximum atomic E-state index is 12.5. The number of hydrogen-bond acceptors (Lipinski definition) is 3. The number of alkyl halides is 1. The summed E-state index contributed by atoms with van der Waals surface area (Å²) >= 11 is 17.7. The molecule has 20 heavy (non-hydrogen) atoms. The molecule has 0 aliphatic carbocycles. The summed E-state index contributed by atoms with van der Waals surface area (Å²) in [5.41, 5.74) is 0.518. The van der Waals surface area contributed by atoms with Gasteiger partial charge < -0.3 is 4.74 Å². The molecule has 8 heteroatoms. The maximum Gasteiger partial charge on any atom is 0.244 e. The Morgan fingerprint density at radius 3 is 2.40 bits per heavy atom. The summed E-state index contributed by atoms with van der Waals surface area (Å²) in [7, 11) is -0.748. The van der Waals surface area contributed by atoms with Crippen molar-refractivity contribution in [1.29, 1.82) is 0 Å². The molecule has 1 aromatic carbocycles. The van der Waals surface area contributed by atoms with E-state index >= 15 is 0 Å². The summed E-state index contributed by atoms with van der Waals surface area (Å²) < 4.78 is 31.3. The van der Waals surface area contributed by atoms with Crippen LogP contribution < -0.4 is 0 Å². The van der Waals surface area contributed by atoms with Crippen LogP contribution in [0.25, 0.3) is 0 Å². The number of nitrogens with zero attached hydrogens (tertiary/aromatic N) is 1. The SMILES string of the molecule is COCC(C)N(C)S(=O)(=O)c1cc(CCl)c(Cl)cc1Cl. The molecule has 0 saturated carbocycles. The summed E-state index contributed by atoms with van der Waals surface area (Å²) in [6.45, 7) is 2.02. The van der Waals surface area contributed by atoms with Crippen molar-refractivity contribution < 1.29 is 13.2 Å². The second kappa shape index (κ2) is 7.29. The first-order chi connectivity index (χ1) is 9.25. The van der Waals surface area contributed by atoms with E-state index in [-0.39, 0.29) is 28.4 Å². The van der Waals surface area contributed by atoms with Crippen LogP contribution in [0.4, 0.5) is 0 Å². The average molecular weight is 361 g/mol. The van der Waals surface area contributed by atoms with E-state index < -0.39 is 10.0 Å². The van der Waals surface area contributed by atoms with Crippen molar-refractivity contribution in [3.8, 4) is 0 Å². The average Bonchev–Trinajstić information content (AvgIpc) is 2.37. The first kappa shape index (κ1) is 18.0. The van der Waals surface area contributed by atoms with E-state index in [2.05, 4.69) is 0 Å². The van der Waals surface area contributed by atoms with Gasteiger partial charge in [0.2, 0.25) is 10.0 Å². The van der Waals surface area contributed by atoms with Crippen LogP contribution in [-0.2, 0) is 20.6 Å². The van der Waals surface area contributed by atoms with Gasteiger partial charge in [-0.2, -0.15) is 4.31 Å². The predicted octanol–water partition coefficient (Wildman–Crippen LogP) is 3.39. The van der Waals surface area contributed by atoms with Crippen molar-refractivity contribution in [2.45, 2.75) is 23.7 Å². The summed E-state index contributed by atoms with van der Waals surface area (Å²) in [6.07, 6.45) is 0. The third kappa shape index (κ3) is 3.78. The van der Waals surface area contributed by atoms with E-state index in [1.54, 1.807) is 6.92 Å². The summed E-state index contributed by atoms with van der Waals surface area (Å²) in [5, 5.41) is 0.414. The van der Waals surface area contributed by atoms with Crippen LogP contribution in [0.15, 0.2) is 17.0 Å². The standard InChI is InChI=1S/C12H16Cl3NO3S/c1-8(7-19-3)16(2)20(17,18)12-4-9(6-13)10(14)5-11(12)15/h4-5,8H,6-7H2,1-3H3. The molecule has 0 aromatic heterocycles. The smallest absolute Gasteiger partial charge is 0.244 e. The molecular weight excluding hydrogens is 345 g/mol. The fraction of sp³-hybridized carbons (Fsp3) is 0.500. The van der Waals surface area contributed by atoms with Gasteiger partial charge in [-0.25, -0.2) is 8.42 Å². The lowest BCUT2D eigenvalue weighted by molar-refractivity contribution is 0.149. The van der Waals surface area contributed by atoms with E-state index in [9.17, 15) is 8.42 Å². The van der Waals surface area contributed by atoms with Gasteiger partial charge in [0.25, 0.3) is 0 Å². The van der Waals surface area contributed by atoms with Crippen molar-refractivity contribution in [3.63, 3.8) is 0 Å². The number of likely N-dealkylation sites (N-methyl/N-ethyl adjacent to an activating group) is 1. The van der Waals surface area contributed by atoms with E-state index in [0.717, 1.165) is 0 Å². The highest BCUT2D eigenvalue weighted by atomic mass is 35.5. The molecular formula is C12H16Cl3NO3S. The lowest BCUT2D eigenvalue weighted by Gasteiger charge is -2.24. The normalized spacial score (nSPS) is 13.8. The summed E-state index contributed by atoms with van der Waals surface area (Å²) in [6, 6.07) is 2.47. The van der Waals surface area contributed by atoms with Crippen molar-refractivity contribution in [2.75, 3.05) is 20.8 Å². The zero-order valence-corrected chi connectivity index (χ0v) is 14.4. The second-order valence-electron chi connectivity index (χ2n) is 4.33. The lowest BCUT2D eigenvalue weighted by Crippen LogP contribution is -2.37. The van der Waals surface area contributed by atoms with Crippen molar-refractivity contribution in [3.05, 3.63) is 27.7 Å². The molecule has 0 heterocycles. The zero-order chi connectivity index (χ0) is 15.5. The summed E-state index contributed by atoms with van der Waals surface area (Å²) in [5.74, 6) is 0.107. The highest BCUT2D eigenvalue weighted by Crippen LogP contribution is 2.31. The summed E-state index contributed by atoms with van der Waals surface area (Å²) in [4.78, 5) is -0.00957. The Morgan fingerprint density at radius 1 is 1.30 bits per heavy atom. The molecule has 0 amide bonds. The number of sulfonamides is 1. The Labute approximate surface area is 134 Å². The van der Waals surface area contributed by atoms with Crippen molar-refractivity contribution in [1.82, 2.24) is 4.31 Å². The van der Waals surface area contributed by atoms with Crippen LogP contribution in [0, 0.1) is 0 Å². The Balaban J connectivity index is 3.28. The Bertz CT molecular complexity index is 578. The number of benzene rings is 1. The molecule has 0 bridgehead atoms. The van der Waals surface area contributed by atoms with Gasteiger partial charge >= 0.3 is 0 Å². The molecule has 0 saturated heterocycles. The largest absolute Gasteiger partial charge is 0.383 e. The molecule has 4 nitrogen and oxygen atoms in total. The molecule has 0 fully saturated rings. The minimum Gasteiger partial charge on any atom is -0.383 e. The molecule has 1 aromatic rings. The van der Waals surface area contributed by atoms with E-state index in [0.29, 0.717) is 10.6 Å². The first-order valence-electron chi connectivity index (χ1n) is 5.76. The van der Waals surface area contributed by atoms with Crippen LogP contribution in [0.5, 0.6) is 0 Å². The van der Waals surface area contributed by atoms with Crippen molar-refractivity contribution in [2.24, 2.45) is 0 Å². The van der Waals surface area contributed by atoms with Crippen LogP contribution >= 0.6 is 34.8 Å². The zero-order valence-electron chi connectivity index (χ0n) is 11.4. The van der Waals surface area contributed by atoms with Gasteiger partial charge in [-0.3, -0.25) is 0 Å². The van der Waals surface area contributed by atoms with E-state index in [4.69, 9.17) is 39.5 Å². The fourth-order valence-electron chi connectivity index (χ4n) is 1.61. The fourth-order valence-corrected chi connectivity index (χ4v) is 4.08. The Kier molecular flexibility index (Phi) is 6.57. The molecule has 114 valence electrons. The molecule has 0 radical (unpaired) electrons. The lowest BCUT2D eigenvalue weighted by atomic mass is 10.2. The number of rotatable bonds is 6. The van der Waals surface area contributed by atoms with E-state index in [1.807, 2.05) is 0 Å². The number of methoxy groups -OCH3 is 1. The quantitative estimate of drug-likeness (QED) is 0.731. The second-order valence-corrected chi connectivity index (χ2v) is 7.38. The van der Waals surface area contributed by atoms with Gasteiger partial charge in [0.1, 0.15) is 4.90 Å². The van der Waals surface area contributed by atoms with Gasteiger partial charge in [0.05, 0.1) is 11.6 Å².